The first-order chi connectivity index (χ1) is 9.83. The number of nitrogens with one attached hydrogen (secondary N) is 1. The van der Waals surface area contributed by atoms with Crippen LogP contribution in [0.2, 0.25) is 5.02 Å². The van der Waals surface area contributed by atoms with Crippen molar-refractivity contribution in [3.05, 3.63) is 51.5 Å². The Labute approximate surface area is 135 Å². The van der Waals surface area contributed by atoms with Crippen LogP contribution in [0.4, 0.5) is 11.4 Å². The molecule has 108 valence electrons. The molecule has 21 heavy (non-hydrogen) atoms. The lowest BCUT2D eigenvalue weighted by Gasteiger charge is -2.11. The minimum Gasteiger partial charge on any atom is -0.399 e. The zero-order valence-corrected chi connectivity index (χ0v) is 13.6. The van der Waals surface area contributed by atoms with E-state index in [0.29, 0.717) is 10.2 Å². The third-order valence-electron chi connectivity index (χ3n) is 2.59. The summed E-state index contributed by atoms with van der Waals surface area (Å²) in [7, 11) is -3.91. The molecule has 3 N–H and O–H groups in total. The summed E-state index contributed by atoms with van der Waals surface area (Å²) < 4.78 is 27.7. The van der Waals surface area contributed by atoms with E-state index in [-0.39, 0.29) is 21.2 Å². The first-order valence-electron chi connectivity index (χ1n) is 5.61. The molecule has 8 heteroatoms. The Kier molecular flexibility index (Phi) is 4.42. The van der Waals surface area contributed by atoms with Crippen LogP contribution in [-0.4, -0.2) is 8.42 Å². The summed E-state index contributed by atoms with van der Waals surface area (Å²) in [5.41, 5.74) is 6.27. The molecule has 0 heterocycles. The lowest BCUT2D eigenvalue weighted by Crippen LogP contribution is -2.14. The van der Waals surface area contributed by atoms with Gasteiger partial charge in [0.25, 0.3) is 10.0 Å². The van der Waals surface area contributed by atoms with Gasteiger partial charge in [-0.15, -0.1) is 0 Å². The van der Waals surface area contributed by atoms with Crippen LogP contribution in [0.3, 0.4) is 0 Å². The SMILES string of the molecule is N#Cc1cc(Br)ccc1NS(=O)(=O)c1ccc(N)cc1Cl. The fourth-order valence-corrected chi connectivity index (χ4v) is 3.63. The van der Waals surface area contributed by atoms with Crippen molar-refractivity contribution in [2.45, 2.75) is 4.90 Å². The van der Waals surface area contributed by atoms with Gasteiger partial charge >= 0.3 is 0 Å². The van der Waals surface area contributed by atoms with Crippen molar-refractivity contribution in [1.29, 1.82) is 5.26 Å². The second-order valence-electron chi connectivity index (χ2n) is 4.10. The van der Waals surface area contributed by atoms with Crippen LogP contribution in [-0.2, 0) is 10.0 Å². The highest BCUT2D eigenvalue weighted by molar-refractivity contribution is 9.10. The number of anilines is 2. The lowest BCUT2D eigenvalue weighted by molar-refractivity contribution is 0.601. The van der Waals surface area contributed by atoms with Gasteiger partial charge in [0, 0.05) is 10.2 Å². The molecule has 0 radical (unpaired) electrons. The minimum atomic E-state index is -3.91. The van der Waals surface area contributed by atoms with Gasteiger partial charge in [-0.25, -0.2) is 8.42 Å². The van der Waals surface area contributed by atoms with E-state index in [1.165, 1.54) is 30.3 Å². The van der Waals surface area contributed by atoms with Crippen LogP contribution in [0.5, 0.6) is 0 Å². The summed E-state index contributed by atoms with van der Waals surface area (Å²) >= 11 is 9.13. The zero-order valence-electron chi connectivity index (χ0n) is 10.5. The second-order valence-corrected chi connectivity index (χ2v) is 7.07. The number of nitrogens with zero attached hydrogens (tertiary/aromatic N) is 1. The van der Waals surface area contributed by atoms with Crippen LogP contribution in [0.1, 0.15) is 5.56 Å². The standard InChI is InChI=1S/C13H9BrClN3O2S/c14-9-1-3-12(8(5-9)7-16)18-21(19,20)13-4-2-10(17)6-11(13)15/h1-6,18H,17H2. The number of nitriles is 1. The molecule has 0 aliphatic carbocycles. The lowest BCUT2D eigenvalue weighted by atomic mass is 10.2. The molecule has 0 aliphatic heterocycles. The predicted octanol–water partition coefficient (Wildman–Crippen LogP) is 3.36. The van der Waals surface area contributed by atoms with Gasteiger partial charge in [0.2, 0.25) is 0 Å². The topological polar surface area (TPSA) is 96.0 Å². The van der Waals surface area contributed by atoms with Crippen molar-refractivity contribution in [3.63, 3.8) is 0 Å². The van der Waals surface area contributed by atoms with E-state index in [4.69, 9.17) is 22.6 Å². The van der Waals surface area contributed by atoms with Crippen LogP contribution >= 0.6 is 27.5 Å². The van der Waals surface area contributed by atoms with Crippen LogP contribution in [0, 0.1) is 11.3 Å². The molecular formula is C13H9BrClN3O2S. The van der Waals surface area contributed by atoms with Gasteiger partial charge in [0.1, 0.15) is 11.0 Å². The number of halogens is 2. The Morgan fingerprint density at radius 1 is 1.24 bits per heavy atom. The highest BCUT2D eigenvalue weighted by Gasteiger charge is 2.19. The Balaban J connectivity index is 2.45. The molecule has 2 rings (SSSR count). The van der Waals surface area contributed by atoms with Crippen molar-refractivity contribution >= 4 is 48.9 Å². The Bertz CT molecular complexity index is 847. The van der Waals surface area contributed by atoms with Crippen molar-refractivity contribution in [1.82, 2.24) is 0 Å². The monoisotopic (exact) mass is 385 g/mol. The molecule has 0 saturated heterocycles. The molecule has 0 fully saturated rings. The summed E-state index contributed by atoms with van der Waals surface area (Å²) in [4.78, 5) is -0.106. The fraction of sp³-hybridized carbons (Fsp3) is 0. The Morgan fingerprint density at radius 3 is 2.57 bits per heavy atom. The molecule has 0 unspecified atom stereocenters. The molecule has 0 amide bonds. The molecule has 0 aliphatic rings. The van der Waals surface area contributed by atoms with Crippen LogP contribution in [0.15, 0.2) is 45.8 Å². The average Bonchev–Trinajstić information content (AvgIpc) is 2.40. The minimum absolute atomic E-state index is 0.0121. The predicted molar refractivity (Wildman–Crippen MR) is 85.5 cm³/mol. The molecule has 0 bridgehead atoms. The average molecular weight is 387 g/mol. The van der Waals surface area contributed by atoms with Gasteiger partial charge in [0.15, 0.2) is 0 Å². The number of rotatable bonds is 3. The number of nitrogen functional groups attached to an aromatic ring is 1. The maximum Gasteiger partial charge on any atom is 0.263 e. The van der Waals surface area contributed by atoms with Gasteiger partial charge < -0.3 is 5.73 Å². The van der Waals surface area contributed by atoms with Gasteiger partial charge in [0.05, 0.1) is 16.3 Å². The van der Waals surface area contributed by atoms with Crippen LogP contribution in [0.25, 0.3) is 0 Å². The maximum absolute atomic E-state index is 12.3. The van der Waals surface area contributed by atoms with Crippen LogP contribution < -0.4 is 10.5 Å². The van der Waals surface area contributed by atoms with Gasteiger partial charge in [-0.2, -0.15) is 5.26 Å². The molecule has 2 aromatic rings. The van der Waals surface area contributed by atoms with Gasteiger partial charge in [-0.1, -0.05) is 27.5 Å². The second kappa shape index (κ2) is 5.93. The number of sulfonamides is 1. The van der Waals surface area contributed by atoms with E-state index in [1.807, 2.05) is 6.07 Å². The fourth-order valence-electron chi connectivity index (χ4n) is 1.63. The first kappa shape index (κ1) is 15.6. The summed E-state index contributed by atoms with van der Waals surface area (Å²) in [5.74, 6) is 0. The third kappa shape index (κ3) is 3.47. The van der Waals surface area contributed by atoms with E-state index in [2.05, 4.69) is 20.7 Å². The van der Waals surface area contributed by atoms with E-state index in [9.17, 15) is 8.42 Å². The maximum atomic E-state index is 12.3. The molecule has 0 atom stereocenters. The Morgan fingerprint density at radius 2 is 1.95 bits per heavy atom. The summed E-state index contributed by atoms with van der Waals surface area (Å²) in [5, 5.41) is 9.07. The smallest absolute Gasteiger partial charge is 0.263 e. The Hall–Kier alpha value is -1.75. The first-order valence-corrected chi connectivity index (χ1v) is 8.26. The number of benzene rings is 2. The normalized spacial score (nSPS) is 10.9. The molecule has 0 spiro atoms. The van der Waals surface area contributed by atoms with E-state index in [0.717, 1.165) is 0 Å². The highest BCUT2D eigenvalue weighted by atomic mass is 79.9. The summed E-state index contributed by atoms with van der Waals surface area (Å²) in [6.45, 7) is 0. The summed E-state index contributed by atoms with van der Waals surface area (Å²) in [6.07, 6.45) is 0. The quantitative estimate of drug-likeness (QED) is 0.791. The number of nitrogens with two attached hydrogens (primary N) is 1. The zero-order chi connectivity index (χ0) is 15.6. The molecule has 0 saturated carbocycles. The van der Waals surface area contributed by atoms with Crippen molar-refractivity contribution < 1.29 is 8.42 Å². The van der Waals surface area contributed by atoms with Crippen molar-refractivity contribution in [3.8, 4) is 6.07 Å². The number of hydrogen-bond acceptors (Lipinski definition) is 4. The van der Waals surface area contributed by atoms with Crippen molar-refractivity contribution in [2.24, 2.45) is 0 Å². The van der Waals surface area contributed by atoms with Gasteiger partial charge in [-0.3, -0.25) is 4.72 Å². The van der Waals surface area contributed by atoms with Gasteiger partial charge in [-0.05, 0) is 36.4 Å². The molecule has 2 aromatic carbocycles. The summed E-state index contributed by atoms with van der Waals surface area (Å²) in [6, 6.07) is 10.7. The largest absolute Gasteiger partial charge is 0.399 e. The molecular weight excluding hydrogens is 378 g/mol. The number of hydrogen-bond donors (Lipinski definition) is 2. The van der Waals surface area contributed by atoms with Crippen molar-refractivity contribution in [2.75, 3.05) is 10.5 Å². The highest BCUT2D eigenvalue weighted by Crippen LogP contribution is 2.27. The molecule has 5 nitrogen and oxygen atoms in total. The molecule has 0 aromatic heterocycles. The third-order valence-corrected chi connectivity index (χ3v) is 4.93. The van der Waals surface area contributed by atoms with E-state index < -0.39 is 10.0 Å². The van der Waals surface area contributed by atoms with E-state index >= 15 is 0 Å². The van der Waals surface area contributed by atoms with E-state index in [1.54, 1.807) is 6.07 Å².